The molecule has 5 heteroatoms. The van der Waals surface area contributed by atoms with Gasteiger partial charge in [-0.05, 0) is 35.4 Å². The Morgan fingerprint density at radius 3 is 2.45 bits per heavy atom. The number of nitriles is 1. The lowest BCUT2D eigenvalue weighted by atomic mass is 10.2. The Morgan fingerprint density at radius 1 is 1.09 bits per heavy atom. The Labute approximate surface area is 129 Å². The summed E-state index contributed by atoms with van der Waals surface area (Å²) in [6, 6.07) is 15.0. The molecule has 0 aliphatic heterocycles. The summed E-state index contributed by atoms with van der Waals surface area (Å²) in [6.07, 6.45) is 1.71. The highest BCUT2D eigenvalue weighted by molar-refractivity contribution is 5.79. The molecule has 0 aromatic heterocycles. The smallest absolute Gasteiger partial charge is 0.161 e. The fourth-order valence-electron chi connectivity index (χ4n) is 1.89. The summed E-state index contributed by atoms with van der Waals surface area (Å²) in [4.78, 5) is 0. The molecule has 5 nitrogen and oxygen atoms in total. The van der Waals surface area contributed by atoms with Crippen molar-refractivity contribution < 1.29 is 9.47 Å². The van der Waals surface area contributed by atoms with Crippen molar-refractivity contribution in [2.45, 2.75) is 6.54 Å². The molecule has 0 spiro atoms. The second-order valence-electron chi connectivity index (χ2n) is 4.52. The van der Waals surface area contributed by atoms with E-state index in [1.165, 1.54) is 0 Å². The molecule has 0 saturated carbocycles. The Bertz CT molecular complexity index is 688. The predicted octanol–water partition coefficient (Wildman–Crippen LogP) is 2.70. The summed E-state index contributed by atoms with van der Waals surface area (Å²) >= 11 is 0. The lowest BCUT2D eigenvalue weighted by molar-refractivity contribution is 0.354. The van der Waals surface area contributed by atoms with Gasteiger partial charge in [0.15, 0.2) is 11.5 Å². The molecule has 112 valence electrons. The normalized spacial score (nSPS) is 10.2. The minimum absolute atomic E-state index is 0.577. The van der Waals surface area contributed by atoms with Crippen molar-refractivity contribution in [1.82, 2.24) is 5.43 Å². The number of hydrogen-bond acceptors (Lipinski definition) is 5. The average Bonchev–Trinajstić information content (AvgIpc) is 2.59. The van der Waals surface area contributed by atoms with Gasteiger partial charge in [-0.15, -0.1) is 0 Å². The van der Waals surface area contributed by atoms with E-state index in [0.717, 1.165) is 11.1 Å². The molecule has 0 unspecified atom stereocenters. The molecular formula is C17H17N3O2. The van der Waals surface area contributed by atoms with Gasteiger partial charge in [0.2, 0.25) is 0 Å². The molecule has 0 aliphatic carbocycles. The molecule has 0 atom stereocenters. The van der Waals surface area contributed by atoms with Crippen LogP contribution in [0.15, 0.2) is 47.6 Å². The van der Waals surface area contributed by atoms with Gasteiger partial charge in [-0.25, -0.2) is 0 Å². The third-order valence-corrected chi connectivity index (χ3v) is 3.08. The summed E-state index contributed by atoms with van der Waals surface area (Å²) in [5.41, 5.74) is 5.58. The van der Waals surface area contributed by atoms with Gasteiger partial charge in [-0.3, -0.25) is 0 Å². The van der Waals surface area contributed by atoms with Crippen molar-refractivity contribution in [2.24, 2.45) is 5.10 Å². The van der Waals surface area contributed by atoms with Gasteiger partial charge in [0, 0.05) is 0 Å². The van der Waals surface area contributed by atoms with Gasteiger partial charge >= 0.3 is 0 Å². The largest absolute Gasteiger partial charge is 0.493 e. The van der Waals surface area contributed by atoms with E-state index >= 15 is 0 Å². The lowest BCUT2D eigenvalue weighted by Gasteiger charge is -2.09. The van der Waals surface area contributed by atoms with Crippen LogP contribution in [0.3, 0.4) is 0 Å². The Morgan fingerprint density at radius 2 is 1.82 bits per heavy atom. The van der Waals surface area contributed by atoms with Crippen LogP contribution < -0.4 is 14.9 Å². The van der Waals surface area contributed by atoms with E-state index < -0.39 is 0 Å². The van der Waals surface area contributed by atoms with Crippen LogP contribution in [0.5, 0.6) is 11.5 Å². The highest BCUT2D eigenvalue weighted by Gasteiger charge is 2.03. The van der Waals surface area contributed by atoms with Crippen molar-refractivity contribution in [1.29, 1.82) is 5.26 Å². The van der Waals surface area contributed by atoms with Crippen molar-refractivity contribution in [2.75, 3.05) is 14.2 Å². The second kappa shape index (κ2) is 7.70. The topological polar surface area (TPSA) is 66.6 Å². The summed E-state index contributed by atoms with van der Waals surface area (Å²) in [5.74, 6) is 1.39. The van der Waals surface area contributed by atoms with E-state index in [4.69, 9.17) is 14.7 Å². The molecule has 2 aromatic carbocycles. The molecule has 0 amide bonds. The molecule has 22 heavy (non-hydrogen) atoms. The summed E-state index contributed by atoms with van der Waals surface area (Å²) in [7, 11) is 3.22. The SMILES string of the molecule is COc1ccc(CN/N=C\c2ccc(C#N)cc2)cc1OC. The zero-order valence-electron chi connectivity index (χ0n) is 12.5. The number of hydrogen-bond donors (Lipinski definition) is 1. The zero-order chi connectivity index (χ0) is 15.8. The van der Waals surface area contributed by atoms with Crippen molar-refractivity contribution in [3.63, 3.8) is 0 Å². The highest BCUT2D eigenvalue weighted by Crippen LogP contribution is 2.27. The van der Waals surface area contributed by atoms with Crippen LogP contribution >= 0.6 is 0 Å². The number of nitrogens with one attached hydrogen (secondary N) is 1. The van der Waals surface area contributed by atoms with Gasteiger partial charge in [0.05, 0.1) is 38.6 Å². The standard InChI is InChI=1S/C17H17N3O2/c1-21-16-8-7-15(9-17(16)22-2)12-20-19-11-14-5-3-13(10-18)4-6-14/h3-9,11,20H,12H2,1-2H3/b19-11-. The Balaban J connectivity index is 1.92. The maximum atomic E-state index is 8.73. The minimum atomic E-state index is 0.577. The van der Waals surface area contributed by atoms with Gasteiger partial charge in [0.1, 0.15) is 0 Å². The maximum Gasteiger partial charge on any atom is 0.161 e. The number of methoxy groups -OCH3 is 2. The maximum absolute atomic E-state index is 8.73. The van der Waals surface area contributed by atoms with Crippen LogP contribution in [0.4, 0.5) is 0 Å². The van der Waals surface area contributed by atoms with Gasteiger partial charge < -0.3 is 14.9 Å². The monoisotopic (exact) mass is 295 g/mol. The van der Waals surface area contributed by atoms with Crippen LogP contribution in [0.25, 0.3) is 0 Å². The van der Waals surface area contributed by atoms with Crippen molar-refractivity contribution in [3.05, 3.63) is 59.2 Å². The second-order valence-corrected chi connectivity index (χ2v) is 4.52. The van der Waals surface area contributed by atoms with Crippen LogP contribution in [0.2, 0.25) is 0 Å². The van der Waals surface area contributed by atoms with Crippen LogP contribution in [-0.4, -0.2) is 20.4 Å². The van der Waals surface area contributed by atoms with Gasteiger partial charge in [-0.1, -0.05) is 18.2 Å². The van der Waals surface area contributed by atoms with Crippen LogP contribution in [-0.2, 0) is 6.54 Å². The Hall–Kier alpha value is -3.00. The number of hydrazone groups is 1. The van der Waals surface area contributed by atoms with E-state index in [1.54, 1.807) is 32.6 Å². The molecule has 0 radical (unpaired) electrons. The summed E-state index contributed by atoms with van der Waals surface area (Å²) in [5, 5.41) is 12.9. The number of ether oxygens (including phenoxy) is 2. The number of nitrogens with zero attached hydrogens (tertiary/aromatic N) is 2. The first-order valence-electron chi connectivity index (χ1n) is 6.74. The molecule has 0 saturated heterocycles. The molecule has 1 N–H and O–H groups in total. The fraction of sp³-hybridized carbons (Fsp3) is 0.176. The lowest BCUT2D eigenvalue weighted by Crippen LogP contribution is -2.06. The van der Waals surface area contributed by atoms with E-state index in [0.29, 0.717) is 23.6 Å². The molecular weight excluding hydrogens is 278 g/mol. The first-order valence-corrected chi connectivity index (χ1v) is 6.74. The molecule has 0 fully saturated rings. The van der Waals surface area contributed by atoms with Crippen molar-refractivity contribution in [3.8, 4) is 17.6 Å². The predicted molar refractivity (Wildman–Crippen MR) is 85.1 cm³/mol. The molecule has 2 aromatic rings. The van der Waals surface area contributed by atoms with Crippen LogP contribution in [0.1, 0.15) is 16.7 Å². The van der Waals surface area contributed by atoms with Gasteiger partial charge in [-0.2, -0.15) is 10.4 Å². The van der Waals surface area contributed by atoms with E-state index in [1.807, 2.05) is 30.3 Å². The fourth-order valence-corrected chi connectivity index (χ4v) is 1.89. The van der Waals surface area contributed by atoms with E-state index in [9.17, 15) is 0 Å². The molecule has 2 rings (SSSR count). The molecule has 0 aliphatic rings. The molecule has 0 heterocycles. The van der Waals surface area contributed by atoms with Gasteiger partial charge in [0.25, 0.3) is 0 Å². The van der Waals surface area contributed by atoms with E-state index in [2.05, 4.69) is 16.6 Å². The zero-order valence-corrected chi connectivity index (χ0v) is 12.5. The molecule has 0 bridgehead atoms. The first kappa shape index (κ1) is 15.4. The third-order valence-electron chi connectivity index (χ3n) is 3.08. The summed E-state index contributed by atoms with van der Waals surface area (Å²) in [6.45, 7) is 0.577. The minimum Gasteiger partial charge on any atom is -0.493 e. The highest BCUT2D eigenvalue weighted by atomic mass is 16.5. The average molecular weight is 295 g/mol. The third kappa shape index (κ3) is 4.00. The first-order chi connectivity index (χ1) is 10.8. The number of rotatable bonds is 6. The van der Waals surface area contributed by atoms with E-state index in [-0.39, 0.29) is 0 Å². The quantitative estimate of drug-likeness (QED) is 0.657. The van der Waals surface area contributed by atoms with Crippen molar-refractivity contribution >= 4 is 6.21 Å². The van der Waals surface area contributed by atoms with Crippen LogP contribution in [0, 0.1) is 11.3 Å². The Kier molecular flexibility index (Phi) is 5.38. The number of benzene rings is 2. The summed E-state index contributed by atoms with van der Waals surface area (Å²) < 4.78 is 10.5.